The summed E-state index contributed by atoms with van der Waals surface area (Å²) >= 11 is 0. The van der Waals surface area contributed by atoms with Crippen molar-refractivity contribution in [3.05, 3.63) is 0 Å². The highest BCUT2D eigenvalue weighted by Crippen LogP contribution is 2.66. The molecular weight excluding hydrogens is 300 g/mol. The maximum Gasteiger partial charge on any atom is 0.302 e. The summed E-state index contributed by atoms with van der Waals surface area (Å²) in [6, 6.07) is 0. The largest absolute Gasteiger partial charge is 0.463 e. The van der Waals surface area contributed by atoms with Gasteiger partial charge in [-0.05, 0) is 92.3 Å². The Morgan fingerprint density at radius 3 is 2.42 bits per heavy atom. The van der Waals surface area contributed by atoms with E-state index in [-0.39, 0.29) is 23.6 Å². The molecule has 4 rings (SSSR count). The van der Waals surface area contributed by atoms with Crippen LogP contribution in [0, 0.1) is 34.5 Å². The molecule has 2 unspecified atom stereocenters. The highest BCUT2D eigenvalue weighted by molar-refractivity contribution is 5.66. The monoisotopic (exact) mass is 334 g/mol. The molecule has 24 heavy (non-hydrogen) atoms. The first-order chi connectivity index (χ1) is 11.3. The minimum Gasteiger partial charge on any atom is -0.463 e. The van der Waals surface area contributed by atoms with Gasteiger partial charge in [0.25, 0.3) is 0 Å². The van der Waals surface area contributed by atoms with E-state index in [0.29, 0.717) is 11.3 Å². The number of fused-ring (bicyclic) bond motifs is 5. The van der Waals surface area contributed by atoms with Gasteiger partial charge in [0.05, 0.1) is 6.10 Å². The van der Waals surface area contributed by atoms with Gasteiger partial charge in [0, 0.05) is 6.92 Å². The Bertz CT molecular complexity index is 517. The minimum atomic E-state index is -0.120. The number of esters is 1. The zero-order valence-electron chi connectivity index (χ0n) is 15.6. The number of carbonyl (C=O) groups excluding carboxylic acids is 1. The van der Waals surface area contributed by atoms with Gasteiger partial charge in [-0.2, -0.15) is 0 Å². The Labute approximate surface area is 146 Å². The maximum absolute atomic E-state index is 11.3. The van der Waals surface area contributed by atoms with Crippen molar-refractivity contribution in [2.75, 3.05) is 0 Å². The van der Waals surface area contributed by atoms with E-state index in [1.807, 2.05) is 0 Å². The van der Waals surface area contributed by atoms with Crippen LogP contribution in [0.25, 0.3) is 0 Å². The van der Waals surface area contributed by atoms with E-state index in [1.165, 1.54) is 45.4 Å². The second-order valence-electron chi connectivity index (χ2n) is 9.80. The fourth-order valence-electron chi connectivity index (χ4n) is 7.53. The molecule has 0 saturated heterocycles. The third-order valence-electron chi connectivity index (χ3n) is 8.90. The van der Waals surface area contributed by atoms with E-state index in [2.05, 4.69) is 13.8 Å². The van der Waals surface area contributed by atoms with Crippen LogP contribution in [-0.2, 0) is 9.53 Å². The molecule has 3 heteroatoms. The smallest absolute Gasteiger partial charge is 0.302 e. The summed E-state index contributed by atoms with van der Waals surface area (Å²) in [7, 11) is 0. The predicted molar refractivity (Wildman–Crippen MR) is 93.3 cm³/mol. The lowest BCUT2D eigenvalue weighted by molar-refractivity contribution is -0.161. The quantitative estimate of drug-likeness (QED) is 0.726. The third kappa shape index (κ3) is 2.37. The first kappa shape index (κ1) is 16.9. The van der Waals surface area contributed by atoms with Crippen LogP contribution < -0.4 is 0 Å². The van der Waals surface area contributed by atoms with E-state index >= 15 is 0 Å². The number of aliphatic hydroxyl groups is 1. The Morgan fingerprint density at radius 2 is 1.67 bits per heavy atom. The molecule has 4 saturated carbocycles. The molecule has 0 radical (unpaired) electrons. The van der Waals surface area contributed by atoms with Crippen molar-refractivity contribution in [3.63, 3.8) is 0 Å². The van der Waals surface area contributed by atoms with Crippen LogP contribution in [0.15, 0.2) is 0 Å². The number of rotatable bonds is 1. The summed E-state index contributed by atoms with van der Waals surface area (Å²) in [6.45, 7) is 6.43. The van der Waals surface area contributed by atoms with Gasteiger partial charge >= 0.3 is 5.97 Å². The van der Waals surface area contributed by atoms with Gasteiger partial charge in [-0.1, -0.05) is 13.8 Å². The van der Waals surface area contributed by atoms with E-state index < -0.39 is 0 Å². The van der Waals surface area contributed by atoms with E-state index in [1.54, 1.807) is 0 Å². The van der Waals surface area contributed by atoms with Gasteiger partial charge in [0.15, 0.2) is 0 Å². The third-order valence-corrected chi connectivity index (χ3v) is 8.90. The average Bonchev–Trinajstić information content (AvgIpc) is 2.83. The first-order valence-corrected chi connectivity index (χ1v) is 10.2. The molecule has 0 bridgehead atoms. The molecule has 0 aromatic heterocycles. The second kappa shape index (κ2) is 5.72. The van der Waals surface area contributed by atoms with E-state index in [0.717, 1.165) is 37.0 Å². The van der Waals surface area contributed by atoms with Gasteiger partial charge in [0.2, 0.25) is 0 Å². The Kier molecular flexibility index (Phi) is 4.02. The van der Waals surface area contributed by atoms with Crippen LogP contribution in [0.2, 0.25) is 0 Å². The van der Waals surface area contributed by atoms with Crippen molar-refractivity contribution in [1.82, 2.24) is 0 Å². The van der Waals surface area contributed by atoms with Crippen molar-refractivity contribution < 1.29 is 14.6 Å². The molecule has 0 aliphatic heterocycles. The average molecular weight is 335 g/mol. The maximum atomic E-state index is 11.3. The van der Waals surface area contributed by atoms with Crippen molar-refractivity contribution in [2.24, 2.45) is 34.5 Å². The van der Waals surface area contributed by atoms with Gasteiger partial charge in [-0.25, -0.2) is 0 Å². The predicted octanol–water partition coefficient (Wildman–Crippen LogP) is 4.32. The topological polar surface area (TPSA) is 46.5 Å². The molecule has 3 nitrogen and oxygen atoms in total. The summed E-state index contributed by atoms with van der Waals surface area (Å²) in [5.74, 6) is 2.96. The van der Waals surface area contributed by atoms with Crippen LogP contribution in [0.5, 0.6) is 0 Å². The molecule has 1 N–H and O–H groups in total. The van der Waals surface area contributed by atoms with Gasteiger partial charge in [0.1, 0.15) is 6.10 Å². The molecule has 136 valence electrons. The number of aliphatic hydroxyl groups excluding tert-OH is 1. The fourth-order valence-corrected chi connectivity index (χ4v) is 7.53. The molecule has 4 aliphatic carbocycles. The Hall–Kier alpha value is -0.570. The second-order valence-corrected chi connectivity index (χ2v) is 9.80. The van der Waals surface area contributed by atoms with E-state index in [4.69, 9.17) is 4.74 Å². The molecule has 4 fully saturated rings. The fraction of sp³-hybridized carbons (Fsp3) is 0.952. The normalized spacial score (nSPS) is 53.7. The molecular formula is C21H34O3. The standard InChI is InChI=1S/C21H34O3/c1-13(22)24-15-8-10-20(2)14(12-15)4-5-16-17-6-7-19(23)21(17,3)11-9-18(16)20/h14-19,23H,4-12H2,1-3H3/t14-,15?,16-,17-,18-,19?,20-,21-/m0/s1. The highest BCUT2D eigenvalue weighted by Gasteiger charge is 2.60. The van der Waals surface area contributed by atoms with Crippen LogP contribution >= 0.6 is 0 Å². The molecule has 0 amide bonds. The van der Waals surface area contributed by atoms with Crippen molar-refractivity contribution in [3.8, 4) is 0 Å². The van der Waals surface area contributed by atoms with Crippen molar-refractivity contribution in [2.45, 2.75) is 90.8 Å². The number of carbonyl (C=O) groups is 1. The van der Waals surface area contributed by atoms with E-state index in [9.17, 15) is 9.90 Å². The molecule has 0 heterocycles. The Balaban J connectivity index is 1.53. The summed E-state index contributed by atoms with van der Waals surface area (Å²) in [5, 5.41) is 10.5. The first-order valence-electron chi connectivity index (χ1n) is 10.2. The van der Waals surface area contributed by atoms with Gasteiger partial charge in [-0.15, -0.1) is 0 Å². The van der Waals surface area contributed by atoms with Gasteiger partial charge < -0.3 is 9.84 Å². The lowest BCUT2D eigenvalue weighted by Crippen LogP contribution is -2.54. The van der Waals surface area contributed by atoms with Crippen LogP contribution in [0.4, 0.5) is 0 Å². The van der Waals surface area contributed by atoms with Gasteiger partial charge in [-0.3, -0.25) is 4.79 Å². The van der Waals surface area contributed by atoms with Crippen LogP contribution in [0.3, 0.4) is 0 Å². The van der Waals surface area contributed by atoms with Crippen LogP contribution in [-0.4, -0.2) is 23.3 Å². The highest BCUT2D eigenvalue weighted by atomic mass is 16.5. The zero-order valence-corrected chi connectivity index (χ0v) is 15.6. The summed E-state index contributed by atoms with van der Waals surface area (Å²) in [5.41, 5.74) is 0.605. The lowest BCUT2D eigenvalue weighted by atomic mass is 9.45. The molecule has 8 atom stereocenters. The molecule has 4 aliphatic rings. The zero-order chi connectivity index (χ0) is 17.1. The van der Waals surface area contributed by atoms with Crippen LogP contribution in [0.1, 0.15) is 78.6 Å². The number of hydrogen-bond acceptors (Lipinski definition) is 3. The Morgan fingerprint density at radius 1 is 0.958 bits per heavy atom. The SMILES string of the molecule is CC(=O)OC1CC[C@@]2(C)[C@@H](CC[C@@H]3[C@@H]2CC[C@]2(C)C(O)CC[C@@H]32)C1. The van der Waals surface area contributed by atoms with Crippen molar-refractivity contribution >= 4 is 5.97 Å². The lowest BCUT2D eigenvalue weighted by Gasteiger charge is -2.60. The molecule has 0 spiro atoms. The summed E-state index contributed by atoms with van der Waals surface area (Å²) in [6.07, 6.45) is 10.8. The van der Waals surface area contributed by atoms with Crippen molar-refractivity contribution in [1.29, 1.82) is 0 Å². The summed E-state index contributed by atoms with van der Waals surface area (Å²) < 4.78 is 5.55. The number of ether oxygens (including phenoxy) is 1. The number of hydrogen-bond donors (Lipinski definition) is 1. The summed E-state index contributed by atoms with van der Waals surface area (Å²) in [4.78, 5) is 11.3. The minimum absolute atomic E-state index is 0.0753. The molecule has 0 aromatic rings. The molecule has 0 aromatic carbocycles.